The zero-order chi connectivity index (χ0) is 17.1. The second-order valence-corrected chi connectivity index (χ2v) is 6.19. The molecule has 0 aliphatic heterocycles. The van der Waals surface area contributed by atoms with E-state index < -0.39 is 17.6 Å². The number of nitrogens with zero attached hydrogens (tertiary/aromatic N) is 1. The lowest BCUT2D eigenvalue weighted by atomic mass is 10.2. The Morgan fingerprint density at radius 3 is 2.74 bits per heavy atom. The van der Waals surface area contributed by atoms with Gasteiger partial charge in [0.05, 0.1) is 13.2 Å². The Morgan fingerprint density at radius 2 is 2.17 bits per heavy atom. The minimum atomic E-state index is -1.07. The molecule has 0 radical (unpaired) electrons. The molecule has 2 rings (SSSR count). The van der Waals surface area contributed by atoms with Gasteiger partial charge in [-0.2, -0.15) is 4.39 Å². The van der Waals surface area contributed by atoms with Crippen LogP contribution in [-0.4, -0.2) is 23.2 Å². The highest BCUT2D eigenvalue weighted by Crippen LogP contribution is 2.25. The second-order valence-electron chi connectivity index (χ2n) is 4.96. The number of hydrogen-bond donors (Lipinski definition) is 2. The number of methoxy groups -OCH3 is 1. The third kappa shape index (κ3) is 3.83. The Morgan fingerprint density at radius 1 is 1.48 bits per heavy atom. The molecule has 1 atom stereocenters. The Kier molecular flexibility index (Phi) is 5.27. The number of aromatic carboxylic acids is 1. The molecule has 1 aromatic carbocycles. The summed E-state index contributed by atoms with van der Waals surface area (Å²) < 4.78 is 31.6. The van der Waals surface area contributed by atoms with Crippen LogP contribution in [0.2, 0.25) is 0 Å². The Balaban J connectivity index is 2.10. The van der Waals surface area contributed by atoms with Crippen molar-refractivity contribution in [2.45, 2.75) is 26.4 Å². The second kappa shape index (κ2) is 7.01. The molecule has 0 saturated carbocycles. The monoisotopic (exact) mass is 342 g/mol. The van der Waals surface area contributed by atoms with Gasteiger partial charge in [0.25, 0.3) is 0 Å². The van der Waals surface area contributed by atoms with Crippen molar-refractivity contribution in [3.63, 3.8) is 0 Å². The largest absolute Gasteiger partial charge is 0.494 e. The number of thiazole rings is 1. The summed E-state index contributed by atoms with van der Waals surface area (Å²) in [4.78, 5) is 15.7. The van der Waals surface area contributed by atoms with Crippen molar-refractivity contribution >= 4 is 17.3 Å². The van der Waals surface area contributed by atoms with Gasteiger partial charge in [-0.25, -0.2) is 14.2 Å². The molecule has 1 unspecified atom stereocenters. The van der Waals surface area contributed by atoms with E-state index in [1.54, 1.807) is 6.92 Å². The zero-order valence-electron chi connectivity index (χ0n) is 12.8. The quantitative estimate of drug-likeness (QED) is 0.843. The molecule has 0 bridgehead atoms. The van der Waals surface area contributed by atoms with Gasteiger partial charge in [-0.3, -0.25) is 0 Å². The van der Waals surface area contributed by atoms with Crippen molar-refractivity contribution in [1.82, 2.24) is 10.3 Å². The molecule has 0 saturated heterocycles. The standard InChI is InChI=1S/C15H16F2N2O3S/c1-7(14-19-13(15(20)21)8(2)23-14)18-6-9-4-10(16)12(17)11(5-9)22-3/h4-5,7,18H,6H2,1-3H3,(H,20,21). The number of carboxylic acid groups (broad SMARTS) is 1. The van der Waals surface area contributed by atoms with Gasteiger partial charge in [-0.1, -0.05) is 0 Å². The van der Waals surface area contributed by atoms with E-state index in [1.807, 2.05) is 6.92 Å². The van der Waals surface area contributed by atoms with Crippen molar-refractivity contribution in [3.05, 3.63) is 44.9 Å². The number of aryl methyl sites for hydroxylation is 1. The highest BCUT2D eigenvalue weighted by molar-refractivity contribution is 7.11. The third-order valence-electron chi connectivity index (χ3n) is 3.27. The maximum Gasteiger partial charge on any atom is 0.355 e. The van der Waals surface area contributed by atoms with Gasteiger partial charge in [0.2, 0.25) is 5.82 Å². The summed E-state index contributed by atoms with van der Waals surface area (Å²) in [5.41, 5.74) is 0.549. The van der Waals surface area contributed by atoms with E-state index in [0.717, 1.165) is 6.07 Å². The predicted octanol–water partition coefficient (Wildman–Crippen LogP) is 3.29. The predicted molar refractivity (Wildman–Crippen MR) is 82.0 cm³/mol. The van der Waals surface area contributed by atoms with Gasteiger partial charge in [0, 0.05) is 11.4 Å². The summed E-state index contributed by atoms with van der Waals surface area (Å²) in [6.45, 7) is 3.77. The average molecular weight is 342 g/mol. The van der Waals surface area contributed by atoms with E-state index in [9.17, 15) is 13.6 Å². The lowest BCUT2D eigenvalue weighted by Crippen LogP contribution is -2.18. The van der Waals surface area contributed by atoms with E-state index in [2.05, 4.69) is 10.3 Å². The van der Waals surface area contributed by atoms with Crippen LogP contribution in [0.3, 0.4) is 0 Å². The van der Waals surface area contributed by atoms with E-state index >= 15 is 0 Å². The van der Waals surface area contributed by atoms with Gasteiger partial charge in [0.1, 0.15) is 5.01 Å². The first kappa shape index (κ1) is 17.3. The first-order valence-corrected chi connectivity index (χ1v) is 7.61. The van der Waals surface area contributed by atoms with Crippen LogP contribution in [0.15, 0.2) is 12.1 Å². The van der Waals surface area contributed by atoms with Gasteiger partial charge in [-0.05, 0) is 31.5 Å². The Bertz CT molecular complexity index is 734. The number of aromatic nitrogens is 1. The number of rotatable bonds is 6. The van der Waals surface area contributed by atoms with Crippen molar-refractivity contribution < 1.29 is 23.4 Å². The summed E-state index contributed by atoms with van der Waals surface area (Å²) >= 11 is 1.29. The molecular formula is C15H16F2N2O3S. The lowest BCUT2D eigenvalue weighted by molar-refractivity contribution is 0.0690. The fraction of sp³-hybridized carbons (Fsp3) is 0.333. The summed E-state index contributed by atoms with van der Waals surface area (Å²) in [5, 5.41) is 12.7. The van der Waals surface area contributed by atoms with Crippen LogP contribution < -0.4 is 10.1 Å². The Labute approximate surface area is 135 Å². The minimum Gasteiger partial charge on any atom is -0.494 e. The highest BCUT2D eigenvalue weighted by Gasteiger charge is 2.18. The summed E-state index contributed by atoms with van der Waals surface area (Å²) in [7, 11) is 1.27. The number of carbonyl (C=O) groups is 1. The lowest BCUT2D eigenvalue weighted by Gasteiger charge is -2.12. The number of ether oxygens (including phenoxy) is 1. The summed E-state index contributed by atoms with van der Waals surface area (Å²) in [6.07, 6.45) is 0. The number of benzene rings is 1. The maximum absolute atomic E-state index is 13.5. The van der Waals surface area contributed by atoms with E-state index in [1.165, 1.54) is 24.5 Å². The van der Waals surface area contributed by atoms with Crippen LogP contribution in [0.1, 0.15) is 38.9 Å². The molecule has 0 aliphatic rings. The molecule has 0 spiro atoms. The molecule has 23 heavy (non-hydrogen) atoms. The van der Waals surface area contributed by atoms with Crippen LogP contribution in [-0.2, 0) is 6.54 Å². The third-order valence-corrected chi connectivity index (χ3v) is 4.43. The number of carboxylic acids is 1. The molecular weight excluding hydrogens is 326 g/mol. The van der Waals surface area contributed by atoms with Gasteiger partial charge < -0.3 is 15.2 Å². The normalized spacial score (nSPS) is 12.2. The summed E-state index contributed by atoms with van der Waals surface area (Å²) in [5.74, 6) is -3.23. The summed E-state index contributed by atoms with van der Waals surface area (Å²) in [6, 6.07) is 2.27. The van der Waals surface area contributed by atoms with Crippen LogP contribution in [0.25, 0.3) is 0 Å². The van der Waals surface area contributed by atoms with Gasteiger partial charge in [0.15, 0.2) is 17.3 Å². The number of hydrogen-bond acceptors (Lipinski definition) is 5. The zero-order valence-corrected chi connectivity index (χ0v) is 13.6. The Hall–Kier alpha value is -2.06. The molecule has 2 N–H and O–H groups in total. The van der Waals surface area contributed by atoms with E-state index in [0.29, 0.717) is 15.4 Å². The van der Waals surface area contributed by atoms with Crippen LogP contribution >= 0.6 is 11.3 Å². The molecule has 8 heteroatoms. The molecule has 0 fully saturated rings. The molecule has 0 aliphatic carbocycles. The fourth-order valence-electron chi connectivity index (χ4n) is 2.03. The molecule has 1 aromatic heterocycles. The first-order valence-electron chi connectivity index (χ1n) is 6.79. The maximum atomic E-state index is 13.5. The molecule has 124 valence electrons. The van der Waals surface area contributed by atoms with E-state index in [4.69, 9.17) is 9.84 Å². The van der Waals surface area contributed by atoms with Crippen LogP contribution in [0, 0.1) is 18.6 Å². The molecule has 5 nitrogen and oxygen atoms in total. The highest BCUT2D eigenvalue weighted by atomic mass is 32.1. The SMILES string of the molecule is COc1cc(CNC(C)c2nc(C(=O)O)c(C)s2)cc(F)c1F. The van der Waals surface area contributed by atoms with Crippen LogP contribution in [0.4, 0.5) is 8.78 Å². The number of halogens is 2. The molecule has 0 amide bonds. The molecule has 1 heterocycles. The first-order chi connectivity index (χ1) is 10.8. The van der Waals surface area contributed by atoms with Crippen molar-refractivity contribution in [3.8, 4) is 5.75 Å². The minimum absolute atomic E-state index is 0.0353. The topological polar surface area (TPSA) is 71.5 Å². The van der Waals surface area contributed by atoms with Crippen molar-refractivity contribution in [2.75, 3.05) is 7.11 Å². The van der Waals surface area contributed by atoms with Crippen molar-refractivity contribution in [2.24, 2.45) is 0 Å². The van der Waals surface area contributed by atoms with Crippen molar-refractivity contribution in [1.29, 1.82) is 0 Å². The smallest absolute Gasteiger partial charge is 0.355 e. The number of nitrogens with one attached hydrogen (secondary N) is 1. The average Bonchev–Trinajstić information content (AvgIpc) is 2.90. The van der Waals surface area contributed by atoms with Crippen LogP contribution in [0.5, 0.6) is 5.75 Å². The fourth-order valence-corrected chi connectivity index (χ4v) is 2.97. The molecule has 2 aromatic rings. The van der Waals surface area contributed by atoms with E-state index in [-0.39, 0.29) is 24.0 Å². The van der Waals surface area contributed by atoms with Gasteiger partial charge in [-0.15, -0.1) is 11.3 Å². The van der Waals surface area contributed by atoms with Gasteiger partial charge >= 0.3 is 5.97 Å².